The third-order valence-electron chi connectivity index (χ3n) is 2.70. The highest BCUT2D eigenvalue weighted by atomic mass is 16.3. The molecule has 0 spiro atoms. The largest absolute Gasteiger partial charge is 0.463 e. The van der Waals surface area contributed by atoms with Crippen molar-refractivity contribution in [1.82, 2.24) is 9.38 Å². The molecule has 0 aliphatic carbocycles. The molecule has 0 radical (unpaired) electrons. The summed E-state index contributed by atoms with van der Waals surface area (Å²) in [5.41, 5.74) is 9.28. The highest BCUT2D eigenvalue weighted by Gasteiger charge is 2.08. The van der Waals surface area contributed by atoms with Gasteiger partial charge < -0.3 is 14.6 Å². The monoisotopic (exact) mass is 213 g/mol. The van der Waals surface area contributed by atoms with Gasteiger partial charge in [0, 0.05) is 11.9 Å². The van der Waals surface area contributed by atoms with Crippen LogP contribution in [0, 0.1) is 6.92 Å². The average molecular weight is 213 g/mol. The minimum absolute atomic E-state index is 0.760. The Morgan fingerprint density at radius 1 is 1.31 bits per heavy atom. The molecule has 0 saturated heterocycles. The van der Waals surface area contributed by atoms with Crippen molar-refractivity contribution in [3.8, 4) is 11.5 Å². The van der Waals surface area contributed by atoms with E-state index in [4.69, 9.17) is 10.2 Å². The smallest absolute Gasteiger partial charge is 0.153 e. The van der Waals surface area contributed by atoms with Crippen molar-refractivity contribution in [3.05, 3.63) is 42.4 Å². The van der Waals surface area contributed by atoms with E-state index in [0.29, 0.717) is 0 Å². The number of aryl methyl sites for hydroxylation is 1. The van der Waals surface area contributed by atoms with Crippen LogP contribution in [0.5, 0.6) is 0 Å². The number of nitrogen functional groups attached to an aromatic ring is 1. The fourth-order valence-corrected chi connectivity index (χ4v) is 1.75. The van der Waals surface area contributed by atoms with Crippen molar-refractivity contribution < 1.29 is 4.42 Å². The van der Waals surface area contributed by atoms with Gasteiger partial charge in [0.05, 0.1) is 12.0 Å². The van der Waals surface area contributed by atoms with E-state index >= 15 is 0 Å². The van der Waals surface area contributed by atoms with Crippen molar-refractivity contribution in [2.45, 2.75) is 6.92 Å². The van der Waals surface area contributed by atoms with E-state index in [1.807, 2.05) is 41.8 Å². The Balaban J connectivity index is 2.28. The topological polar surface area (TPSA) is 56.5 Å². The van der Waals surface area contributed by atoms with Crippen LogP contribution >= 0.6 is 0 Å². The molecule has 2 N–H and O–H groups in total. The number of imidazole rings is 1. The van der Waals surface area contributed by atoms with Crippen LogP contribution in [0.4, 0.5) is 5.69 Å². The van der Waals surface area contributed by atoms with E-state index in [-0.39, 0.29) is 0 Å². The third-order valence-corrected chi connectivity index (χ3v) is 2.70. The van der Waals surface area contributed by atoms with Crippen LogP contribution in [-0.2, 0) is 0 Å². The molecule has 3 rings (SSSR count). The van der Waals surface area contributed by atoms with Gasteiger partial charge in [-0.25, -0.2) is 4.98 Å². The van der Waals surface area contributed by atoms with Gasteiger partial charge in [-0.05, 0) is 31.2 Å². The van der Waals surface area contributed by atoms with Crippen LogP contribution in [0.25, 0.3) is 17.1 Å². The zero-order valence-corrected chi connectivity index (χ0v) is 8.84. The number of hydrogen-bond acceptors (Lipinski definition) is 3. The number of nitrogens with two attached hydrogens (primary N) is 1. The number of furan rings is 1. The van der Waals surface area contributed by atoms with E-state index in [1.54, 1.807) is 6.26 Å². The maximum absolute atomic E-state index is 5.84. The Bertz CT molecular complexity index is 638. The number of pyridine rings is 1. The lowest BCUT2D eigenvalue weighted by atomic mass is 10.3. The van der Waals surface area contributed by atoms with E-state index in [0.717, 1.165) is 28.5 Å². The fourth-order valence-electron chi connectivity index (χ4n) is 1.75. The number of fused-ring (bicyclic) bond motifs is 1. The molecule has 80 valence electrons. The van der Waals surface area contributed by atoms with Gasteiger partial charge in [0.15, 0.2) is 5.76 Å². The summed E-state index contributed by atoms with van der Waals surface area (Å²) in [6.07, 6.45) is 3.57. The van der Waals surface area contributed by atoms with E-state index in [1.165, 1.54) is 0 Å². The van der Waals surface area contributed by atoms with Gasteiger partial charge in [0.25, 0.3) is 0 Å². The molecule has 0 fully saturated rings. The summed E-state index contributed by atoms with van der Waals surface area (Å²) in [4.78, 5) is 4.47. The number of anilines is 1. The molecule has 4 nitrogen and oxygen atoms in total. The van der Waals surface area contributed by atoms with Crippen LogP contribution in [-0.4, -0.2) is 9.38 Å². The Labute approximate surface area is 92.3 Å². The maximum Gasteiger partial charge on any atom is 0.153 e. The fraction of sp³-hybridized carbons (Fsp3) is 0.0833. The average Bonchev–Trinajstić information content (AvgIpc) is 2.91. The molecule has 3 aromatic heterocycles. The highest BCUT2D eigenvalue weighted by Crippen LogP contribution is 2.22. The number of hydrogen-bond donors (Lipinski definition) is 1. The molecule has 0 aliphatic rings. The molecule has 0 aromatic carbocycles. The summed E-state index contributed by atoms with van der Waals surface area (Å²) in [5, 5.41) is 0. The first kappa shape index (κ1) is 9.03. The van der Waals surface area contributed by atoms with Gasteiger partial charge in [-0.2, -0.15) is 0 Å². The van der Waals surface area contributed by atoms with Crippen LogP contribution in [0.15, 0.2) is 41.1 Å². The number of aromatic nitrogens is 2. The Morgan fingerprint density at radius 3 is 2.94 bits per heavy atom. The first-order valence-corrected chi connectivity index (χ1v) is 5.04. The molecule has 0 bridgehead atoms. The van der Waals surface area contributed by atoms with Gasteiger partial charge in [-0.15, -0.1) is 0 Å². The lowest BCUT2D eigenvalue weighted by Gasteiger charge is -2.01. The Kier molecular flexibility index (Phi) is 1.77. The third kappa shape index (κ3) is 1.20. The predicted molar refractivity (Wildman–Crippen MR) is 62.0 cm³/mol. The van der Waals surface area contributed by atoms with E-state index in [2.05, 4.69) is 4.98 Å². The van der Waals surface area contributed by atoms with Gasteiger partial charge in [0.2, 0.25) is 0 Å². The zero-order valence-electron chi connectivity index (χ0n) is 8.84. The number of nitrogens with zero attached hydrogens (tertiary/aromatic N) is 2. The first-order chi connectivity index (χ1) is 7.75. The van der Waals surface area contributed by atoms with Crippen molar-refractivity contribution in [1.29, 1.82) is 0 Å². The van der Waals surface area contributed by atoms with Gasteiger partial charge in [-0.3, -0.25) is 0 Å². The van der Waals surface area contributed by atoms with Crippen molar-refractivity contribution in [2.75, 3.05) is 5.73 Å². The standard InChI is InChI=1S/C12H11N3O/c1-8-9(13)4-5-12-14-10(7-15(8)12)11-3-2-6-16-11/h2-7H,13H2,1H3. The molecular weight excluding hydrogens is 202 g/mol. The highest BCUT2D eigenvalue weighted by molar-refractivity contribution is 5.60. The molecule has 0 atom stereocenters. The lowest BCUT2D eigenvalue weighted by molar-refractivity contribution is 0.580. The molecule has 3 heterocycles. The number of rotatable bonds is 1. The first-order valence-electron chi connectivity index (χ1n) is 5.04. The maximum atomic E-state index is 5.84. The molecule has 0 unspecified atom stereocenters. The van der Waals surface area contributed by atoms with Crippen LogP contribution in [0.1, 0.15) is 5.69 Å². The summed E-state index contributed by atoms with van der Waals surface area (Å²) in [6.45, 7) is 1.97. The van der Waals surface area contributed by atoms with Gasteiger partial charge in [0.1, 0.15) is 11.3 Å². The second kappa shape index (κ2) is 3.13. The van der Waals surface area contributed by atoms with Gasteiger partial charge >= 0.3 is 0 Å². The van der Waals surface area contributed by atoms with Crippen LogP contribution < -0.4 is 5.73 Å². The normalized spacial score (nSPS) is 11.1. The van der Waals surface area contributed by atoms with Crippen molar-refractivity contribution in [2.24, 2.45) is 0 Å². The Hall–Kier alpha value is -2.23. The molecule has 0 saturated carbocycles. The summed E-state index contributed by atoms with van der Waals surface area (Å²) in [6, 6.07) is 7.50. The molecule has 0 aliphatic heterocycles. The van der Waals surface area contributed by atoms with E-state index < -0.39 is 0 Å². The minimum atomic E-state index is 0.760. The lowest BCUT2D eigenvalue weighted by Crippen LogP contribution is -1.96. The molecular formula is C12H11N3O. The SMILES string of the molecule is Cc1c(N)ccc2nc(-c3ccco3)cn12. The second-order valence-electron chi connectivity index (χ2n) is 3.71. The molecule has 3 aromatic rings. The molecule has 0 amide bonds. The van der Waals surface area contributed by atoms with Crippen molar-refractivity contribution in [3.63, 3.8) is 0 Å². The molecule has 16 heavy (non-hydrogen) atoms. The summed E-state index contributed by atoms with van der Waals surface area (Å²) in [7, 11) is 0. The van der Waals surface area contributed by atoms with Crippen LogP contribution in [0.3, 0.4) is 0 Å². The zero-order chi connectivity index (χ0) is 11.1. The predicted octanol–water partition coefficient (Wildman–Crippen LogP) is 2.48. The Morgan fingerprint density at radius 2 is 2.19 bits per heavy atom. The quantitative estimate of drug-likeness (QED) is 0.675. The van der Waals surface area contributed by atoms with Crippen molar-refractivity contribution >= 4 is 11.3 Å². The van der Waals surface area contributed by atoms with Gasteiger partial charge in [-0.1, -0.05) is 0 Å². The van der Waals surface area contributed by atoms with E-state index in [9.17, 15) is 0 Å². The minimum Gasteiger partial charge on any atom is -0.463 e. The summed E-state index contributed by atoms with van der Waals surface area (Å²) < 4.78 is 7.28. The second-order valence-corrected chi connectivity index (χ2v) is 3.71. The summed E-state index contributed by atoms with van der Waals surface area (Å²) >= 11 is 0. The molecule has 4 heteroatoms. The van der Waals surface area contributed by atoms with Crippen LogP contribution in [0.2, 0.25) is 0 Å². The summed E-state index contributed by atoms with van der Waals surface area (Å²) in [5.74, 6) is 0.765.